The minimum atomic E-state index is -0.346. The van der Waals surface area contributed by atoms with E-state index in [0.29, 0.717) is 29.6 Å². The Bertz CT molecular complexity index is 1070. The highest BCUT2D eigenvalue weighted by Gasteiger charge is 2.22. The first kappa shape index (κ1) is 21.8. The topological polar surface area (TPSA) is 54.3 Å². The molecule has 162 valence electrons. The van der Waals surface area contributed by atoms with E-state index in [4.69, 9.17) is 11.6 Å². The van der Waals surface area contributed by atoms with Crippen molar-refractivity contribution in [2.45, 2.75) is 11.7 Å². The van der Waals surface area contributed by atoms with Crippen molar-refractivity contribution >= 4 is 29.3 Å². The molecule has 2 aromatic carbocycles. The van der Waals surface area contributed by atoms with Gasteiger partial charge >= 0.3 is 0 Å². The summed E-state index contributed by atoms with van der Waals surface area (Å²) in [6.45, 7) is 3.86. The van der Waals surface area contributed by atoms with E-state index in [-0.39, 0.29) is 17.5 Å². The lowest BCUT2D eigenvalue weighted by Gasteiger charge is -2.34. The van der Waals surface area contributed by atoms with Crippen molar-refractivity contribution in [1.29, 1.82) is 0 Å². The summed E-state index contributed by atoms with van der Waals surface area (Å²) in [7, 11) is 1.78. The van der Waals surface area contributed by atoms with Crippen molar-refractivity contribution in [3.8, 4) is 11.4 Å². The van der Waals surface area contributed by atoms with Crippen LogP contribution in [0.25, 0.3) is 11.4 Å². The van der Waals surface area contributed by atoms with E-state index >= 15 is 0 Å². The largest absolute Gasteiger partial charge is 0.339 e. The number of aromatic nitrogens is 3. The van der Waals surface area contributed by atoms with Gasteiger partial charge in [-0.3, -0.25) is 9.69 Å². The maximum atomic E-state index is 14.1. The van der Waals surface area contributed by atoms with E-state index in [2.05, 4.69) is 21.2 Å². The Hall–Kier alpha value is -2.42. The number of hydrogen-bond acceptors (Lipinski definition) is 5. The monoisotopic (exact) mass is 459 g/mol. The molecule has 1 aromatic heterocycles. The first-order valence-electron chi connectivity index (χ1n) is 10.0. The third-order valence-electron chi connectivity index (χ3n) is 5.29. The van der Waals surface area contributed by atoms with Gasteiger partial charge in [-0.15, -0.1) is 10.2 Å². The summed E-state index contributed by atoms with van der Waals surface area (Å²) in [5.74, 6) is 0.448. The lowest BCUT2D eigenvalue weighted by Crippen LogP contribution is -2.48. The Morgan fingerprint density at radius 3 is 2.61 bits per heavy atom. The molecule has 1 fully saturated rings. The number of piperazine rings is 1. The highest BCUT2D eigenvalue weighted by molar-refractivity contribution is 7.99. The normalized spacial score (nSPS) is 14.7. The zero-order valence-corrected chi connectivity index (χ0v) is 18.7. The molecule has 0 bridgehead atoms. The fourth-order valence-electron chi connectivity index (χ4n) is 3.58. The number of carbonyl (C=O) groups excluding carboxylic acids is 1. The Labute approximate surface area is 190 Å². The van der Waals surface area contributed by atoms with E-state index in [1.165, 1.54) is 23.4 Å². The average molecular weight is 460 g/mol. The van der Waals surface area contributed by atoms with Gasteiger partial charge in [-0.25, -0.2) is 4.39 Å². The van der Waals surface area contributed by atoms with Crippen LogP contribution in [0.15, 0.2) is 53.7 Å². The van der Waals surface area contributed by atoms with Crippen LogP contribution in [0.1, 0.15) is 5.56 Å². The Morgan fingerprint density at radius 2 is 1.87 bits per heavy atom. The van der Waals surface area contributed by atoms with Gasteiger partial charge in [-0.2, -0.15) is 0 Å². The molecule has 2 heterocycles. The molecule has 0 aliphatic carbocycles. The molecule has 0 N–H and O–H groups in total. The number of carbonyl (C=O) groups is 1. The maximum Gasteiger partial charge on any atom is 0.233 e. The molecule has 6 nitrogen and oxygen atoms in total. The van der Waals surface area contributed by atoms with E-state index < -0.39 is 0 Å². The number of halogens is 2. The van der Waals surface area contributed by atoms with Gasteiger partial charge in [0, 0.05) is 44.8 Å². The van der Waals surface area contributed by atoms with Crippen molar-refractivity contribution in [3.05, 3.63) is 64.9 Å². The van der Waals surface area contributed by atoms with Gasteiger partial charge in [-0.05, 0) is 29.8 Å². The SMILES string of the molecule is Cn1c(SCC(=O)N2CCN(Cc3cccc(Cl)c3)CC2)nnc1-c1ccccc1F. The highest BCUT2D eigenvalue weighted by atomic mass is 35.5. The molecule has 1 saturated heterocycles. The van der Waals surface area contributed by atoms with E-state index in [1.54, 1.807) is 29.8 Å². The van der Waals surface area contributed by atoms with Crippen LogP contribution >= 0.6 is 23.4 Å². The van der Waals surface area contributed by atoms with Crippen LogP contribution in [0.3, 0.4) is 0 Å². The van der Waals surface area contributed by atoms with Crippen molar-refractivity contribution in [2.75, 3.05) is 31.9 Å². The minimum absolute atomic E-state index is 0.0721. The summed E-state index contributed by atoms with van der Waals surface area (Å²) in [6.07, 6.45) is 0. The van der Waals surface area contributed by atoms with Crippen molar-refractivity contribution in [1.82, 2.24) is 24.6 Å². The smallest absolute Gasteiger partial charge is 0.233 e. The summed E-state index contributed by atoms with van der Waals surface area (Å²) >= 11 is 7.39. The number of amides is 1. The van der Waals surface area contributed by atoms with Crippen LogP contribution in [0.4, 0.5) is 4.39 Å². The second kappa shape index (κ2) is 9.80. The van der Waals surface area contributed by atoms with Gasteiger partial charge in [0.15, 0.2) is 11.0 Å². The molecule has 0 saturated carbocycles. The lowest BCUT2D eigenvalue weighted by atomic mass is 10.2. The van der Waals surface area contributed by atoms with Crippen molar-refractivity contribution < 1.29 is 9.18 Å². The van der Waals surface area contributed by atoms with Gasteiger partial charge in [0.2, 0.25) is 5.91 Å². The number of hydrogen-bond donors (Lipinski definition) is 0. The molecule has 0 atom stereocenters. The Balaban J connectivity index is 1.29. The van der Waals surface area contributed by atoms with Crippen molar-refractivity contribution in [3.63, 3.8) is 0 Å². The molecule has 4 rings (SSSR count). The average Bonchev–Trinajstić information content (AvgIpc) is 3.13. The van der Waals surface area contributed by atoms with Gasteiger partial charge < -0.3 is 9.47 Å². The lowest BCUT2D eigenvalue weighted by molar-refractivity contribution is -0.130. The third-order valence-corrected chi connectivity index (χ3v) is 6.53. The molecule has 1 amide bonds. The molecule has 3 aromatic rings. The molecule has 0 spiro atoms. The molecule has 1 aliphatic rings. The van der Waals surface area contributed by atoms with E-state index in [1.807, 2.05) is 23.1 Å². The minimum Gasteiger partial charge on any atom is -0.339 e. The second-order valence-corrected chi connectivity index (χ2v) is 8.80. The van der Waals surface area contributed by atoms with E-state index in [0.717, 1.165) is 24.7 Å². The Morgan fingerprint density at radius 1 is 1.10 bits per heavy atom. The second-order valence-electron chi connectivity index (χ2n) is 7.42. The third kappa shape index (κ3) is 5.26. The van der Waals surface area contributed by atoms with Crippen LogP contribution in [-0.4, -0.2) is 62.4 Å². The summed E-state index contributed by atoms with van der Waals surface area (Å²) < 4.78 is 15.8. The number of thioether (sulfide) groups is 1. The fourth-order valence-corrected chi connectivity index (χ4v) is 4.61. The zero-order valence-electron chi connectivity index (χ0n) is 17.2. The fraction of sp³-hybridized carbons (Fsp3) is 0.318. The molecule has 31 heavy (non-hydrogen) atoms. The van der Waals surface area contributed by atoms with Gasteiger partial charge in [0.1, 0.15) is 5.82 Å². The van der Waals surface area contributed by atoms with Crippen LogP contribution in [0.2, 0.25) is 5.02 Å². The predicted molar refractivity (Wildman–Crippen MR) is 120 cm³/mol. The van der Waals surface area contributed by atoms with Gasteiger partial charge in [-0.1, -0.05) is 47.6 Å². The standard InChI is InChI=1S/C22H23ClFN5OS/c1-27-21(18-7-2-3-8-19(18)24)25-26-22(27)31-15-20(30)29-11-9-28(10-12-29)14-16-5-4-6-17(23)13-16/h2-8,13H,9-12,14-15H2,1H3. The number of benzene rings is 2. The first-order valence-corrected chi connectivity index (χ1v) is 11.4. The quantitative estimate of drug-likeness (QED) is 0.526. The summed E-state index contributed by atoms with van der Waals surface area (Å²) in [4.78, 5) is 16.9. The predicted octanol–water partition coefficient (Wildman–Crippen LogP) is 3.71. The van der Waals surface area contributed by atoms with E-state index in [9.17, 15) is 9.18 Å². The maximum absolute atomic E-state index is 14.1. The Kier molecular flexibility index (Phi) is 6.89. The molecular formula is C22H23ClFN5OS. The summed E-state index contributed by atoms with van der Waals surface area (Å²) in [5, 5.41) is 9.57. The van der Waals surface area contributed by atoms with Crippen LogP contribution in [-0.2, 0) is 18.4 Å². The zero-order chi connectivity index (χ0) is 21.8. The molecule has 0 radical (unpaired) electrons. The molecule has 1 aliphatic heterocycles. The van der Waals surface area contributed by atoms with Crippen molar-refractivity contribution in [2.24, 2.45) is 7.05 Å². The molecular weight excluding hydrogens is 437 g/mol. The van der Waals surface area contributed by atoms with Crippen LogP contribution in [0.5, 0.6) is 0 Å². The van der Waals surface area contributed by atoms with Crippen LogP contribution < -0.4 is 0 Å². The summed E-state index contributed by atoms with van der Waals surface area (Å²) in [5.41, 5.74) is 1.57. The highest BCUT2D eigenvalue weighted by Crippen LogP contribution is 2.25. The van der Waals surface area contributed by atoms with Gasteiger partial charge in [0.25, 0.3) is 0 Å². The number of nitrogens with zero attached hydrogens (tertiary/aromatic N) is 5. The molecule has 0 unspecified atom stereocenters. The molecule has 9 heteroatoms. The summed E-state index contributed by atoms with van der Waals surface area (Å²) in [6, 6.07) is 14.3. The first-order chi connectivity index (χ1) is 15.0. The van der Waals surface area contributed by atoms with Gasteiger partial charge in [0.05, 0.1) is 11.3 Å². The number of rotatable bonds is 6. The van der Waals surface area contributed by atoms with Crippen LogP contribution in [0, 0.1) is 5.82 Å².